The van der Waals surface area contributed by atoms with Gasteiger partial charge in [-0.15, -0.1) is 0 Å². The fourth-order valence-corrected chi connectivity index (χ4v) is 4.03. The average molecular weight is 768 g/mol. The standard InChI is InChI=1S/C12H17N5O.C9H7FN4O2.C7H5FN4O.C4H6O3.CH4/c1-12(2,3)17-10-9-8(15-11(13)16-10)5-7(18-4)6-14-9;1-4(15)12-9-13-6-2-5(10)3-11-7(6)8(16)14-9;8-3-1-4-5(10-2-3)6(13)12-7(9)11-4;1-3(5)7-4(2)6;/h5-6H,1-4H3,(H3,13,15,16,17);2-3H,1H3,(H2,12,13,14,15,16);1-2H,(H3,9,11,12,13);1-2H3;1H4. The summed E-state index contributed by atoms with van der Waals surface area (Å²) in [6.45, 7) is 9.76. The van der Waals surface area contributed by atoms with Gasteiger partial charge in [-0.3, -0.25) is 39.3 Å². The van der Waals surface area contributed by atoms with Crippen LogP contribution in [-0.4, -0.2) is 75.4 Å². The van der Waals surface area contributed by atoms with Gasteiger partial charge in [0.1, 0.15) is 39.5 Å². The molecule has 0 unspecified atom stereocenters. The number of hydrogen-bond acceptors (Lipinski definition) is 17. The van der Waals surface area contributed by atoms with E-state index in [1.54, 1.807) is 19.4 Å². The Kier molecular flexibility index (Phi) is 15.2. The predicted octanol–water partition coefficient (Wildman–Crippen LogP) is 3.01. The smallest absolute Gasteiger partial charge is 0.310 e. The number of methoxy groups -OCH3 is 1. The summed E-state index contributed by atoms with van der Waals surface area (Å²) >= 11 is 0. The molecule has 6 aromatic rings. The van der Waals surface area contributed by atoms with E-state index in [0.29, 0.717) is 22.6 Å². The molecule has 1 amide bonds. The third-order valence-electron chi connectivity index (χ3n) is 5.88. The van der Waals surface area contributed by atoms with E-state index in [1.165, 1.54) is 20.8 Å². The van der Waals surface area contributed by atoms with E-state index < -0.39 is 34.7 Å². The van der Waals surface area contributed by atoms with Crippen molar-refractivity contribution in [1.29, 1.82) is 0 Å². The molecule has 8 N–H and O–H groups in total. The number of amides is 1. The van der Waals surface area contributed by atoms with Gasteiger partial charge in [0.05, 0.1) is 25.7 Å². The number of halogens is 2. The minimum absolute atomic E-state index is 0. The monoisotopic (exact) mass is 767 g/mol. The van der Waals surface area contributed by atoms with Gasteiger partial charge >= 0.3 is 11.9 Å². The Hall–Kier alpha value is -7.26. The fourth-order valence-electron chi connectivity index (χ4n) is 4.03. The first-order valence-corrected chi connectivity index (χ1v) is 15.3. The number of carbonyl (C=O) groups excluding carboxylic acids is 3. The lowest BCUT2D eigenvalue weighted by Crippen LogP contribution is -2.27. The van der Waals surface area contributed by atoms with Crippen molar-refractivity contribution in [3.8, 4) is 5.75 Å². The zero-order valence-electron chi connectivity index (χ0n) is 29.9. The lowest BCUT2D eigenvalue weighted by Gasteiger charge is -2.22. The number of H-pyrrole nitrogens is 2. The SMILES string of the molecule is C.CC(=O)Nc1nc2cc(F)cnc2c(=O)[nH]1.CC(=O)OC(C)=O.COc1cnc2c(NC(C)(C)C)nc(N)nc2c1.Nc1nc2cc(F)cnc2c(=O)[nH]1. The highest BCUT2D eigenvalue weighted by atomic mass is 19.1. The Morgan fingerprint density at radius 3 is 1.75 bits per heavy atom. The molecule has 292 valence electrons. The molecule has 0 aliphatic rings. The minimum Gasteiger partial charge on any atom is -0.495 e. The van der Waals surface area contributed by atoms with Gasteiger partial charge < -0.3 is 26.3 Å². The number of nitrogens with zero attached hydrogens (tertiary/aromatic N) is 7. The molecule has 0 bridgehead atoms. The maximum Gasteiger partial charge on any atom is 0.310 e. The number of esters is 2. The van der Waals surface area contributed by atoms with Crippen molar-refractivity contribution in [1.82, 2.24) is 44.9 Å². The van der Waals surface area contributed by atoms with Crippen LogP contribution in [0, 0.1) is 11.6 Å². The Balaban J connectivity index is 0.000000263. The van der Waals surface area contributed by atoms with E-state index >= 15 is 0 Å². The molecule has 0 spiro atoms. The highest BCUT2D eigenvalue weighted by Gasteiger charge is 2.15. The van der Waals surface area contributed by atoms with E-state index in [1.807, 2.05) is 20.8 Å². The first-order valence-electron chi connectivity index (χ1n) is 15.3. The minimum atomic E-state index is -0.598. The summed E-state index contributed by atoms with van der Waals surface area (Å²) in [4.78, 5) is 85.0. The number of aromatic nitrogens is 9. The molecule has 55 heavy (non-hydrogen) atoms. The maximum absolute atomic E-state index is 12.9. The van der Waals surface area contributed by atoms with Gasteiger partial charge in [-0.2, -0.15) is 4.98 Å². The van der Waals surface area contributed by atoms with Crippen LogP contribution in [0.15, 0.2) is 46.4 Å². The summed E-state index contributed by atoms with van der Waals surface area (Å²) in [5.41, 5.74) is 11.5. The summed E-state index contributed by atoms with van der Waals surface area (Å²) in [5.74, 6) is -1.25. The first-order chi connectivity index (χ1) is 25.2. The van der Waals surface area contributed by atoms with Gasteiger partial charge in [-0.1, -0.05) is 7.43 Å². The topological polar surface area (TPSA) is 302 Å². The van der Waals surface area contributed by atoms with Crippen LogP contribution in [0.2, 0.25) is 0 Å². The third-order valence-corrected chi connectivity index (χ3v) is 5.88. The summed E-state index contributed by atoms with van der Waals surface area (Å²) in [6, 6.07) is 3.96. The van der Waals surface area contributed by atoms with Crippen molar-refractivity contribution in [3.05, 3.63) is 69.1 Å². The summed E-state index contributed by atoms with van der Waals surface area (Å²) in [5, 5.41) is 5.57. The number of carbonyl (C=O) groups is 3. The number of pyridine rings is 3. The van der Waals surface area contributed by atoms with Crippen LogP contribution in [0.4, 0.5) is 32.4 Å². The van der Waals surface area contributed by atoms with Crippen molar-refractivity contribution >= 4 is 74.6 Å². The number of fused-ring (bicyclic) bond motifs is 3. The van der Waals surface area contributed by atoms with E-state index in [2.05, 4.69) is 60.2 Å². The lowest BCUT2D eigenvalue weighted by atomic mass is 10.1. The number of ether oxygens (including phenoxy) is 2. The number of nitrogens with two attached hydrogens (primary N) is 2. The first kappa shape index (κ1) is 43.9. The maximum atomic E-state index is 12.9. The number of rotatable bonds is 3. The van der Waals surface area contributed by atoms with Crippen LogP contribution in [0.3, 0.4) is 0 Å². The van der Waals surface area contributed by atoms with E-state index in [4.69, 9.17) is 16.2 Å². The number of nitrogens with one attached hydrogen (secondary N) is 4. The molecule has 6 aromatic heterocycles. The normalized spacial score (nSPS) is 10.3. The fraction of sp³-hybridized carbons (Fsp3) is 0.273. The zero-order valence-corrected chi connectivity index (χ0v) is 29.9. The molecule has 0 aliphatic heterocycles. The molecule has 6 heterocycles. The Morgan fingerprint density at radius 1 is 0.745 bits per heavy atom. The molecular weight excluding hydrogens is 728 g/mol. The van der Waals surface area contributed by atoms with Gasteiger partial charge in [0.2, 0.25) is 23.8 Å². The number of aromatic amines is 2. The van der Waals surface area contributed by atoms with Crippen molar-refractivity contribution in [2.24, 2.45) is 0 Å². The van der Waals surface area contributed by atoms with Crippen molar-refractivity contribution in [2.45, 2.75) is 54.5 Å². The molecule has 6 rings (SSSR count). The Labute approximate surface area is 310 Å². The molecular formula is C33H39F2N13O7. The Morgan fingerprint density at radius 2 is 1.25 bits per heavy atom. The second-order valence-electron chi connectivity index (χ2n) is 11.7. The second-order valence-corrected chi connectivity index (χ2v) is 11.7. The molecule has 20 nitrogen and oxygen atoms in total. The molecule has 0 atom stereocenters. The lowest BCUT2D eigenvalue weighted by molar-refractivity contribution is -0.156. The largest absolute Gasteiger partial charge is 0.495 e. The zero-order chi connectivity index (χ0) is 40.3. The number of nitrogen functional groups attached to an aromatic ring is 2. The third kappa shape index (κ3) is 13.7. The van der Waals surface area contributed by atoms with Crippen molar-refractivity contribution < 1.29 is 32.6 Å². The summed E-state index contributed by atoms with van der Waals surface area (Å²) in [6.07, 6.45) is 3.52. The predicted molar refractivity (Wildman–Crippen MR) is 200 cm³/mol. The molecule has 0 aromatic carbocycles. The second kappa shape index (κ2) is 19.0. The quantitative estimate of drug-likeness (QED) is 0.111. The van der Waals surface area contributed by atoms with Gasteiger partial charge in [0, 0.05) is 44.5 Å². The summed E-state index contributed by atoms with van der Waals surface area (Å²) < 4.78 is 34.6. The number of hydrogen-bond donors (Lipinski definition) is 6. The Bertz CT molecular complexity index is 2440. The molecule has 0 fully saturated rings. The van der Waals surface area contributed by atoms with E-state index in [9.17, 15) is 32.8 Å². The van der Waals surface area contributed by atoms with Crippen LogP contribution in [-0.2, 0) is 19.1 Å². The van der Waals surface area contributed by atoms with Gasteiger partial charge in [-0.25, -0.2) is 38.7 Å². The van der Waals surface area contributed by atoms with E-state index in [-0.39, 0.29) is 58.8 Å². The van der Waals surface area contributed by atoms with Gasteiger partial charge in [0.15, 0.2) is 16.9 Å². The van der Waals surface area contributed by atoms with Crippen LogP contribution < -0.4 is 38.0 Å². The number of anilines is 4. The molecule has 0 saturated heterocycles. The van der Waals surface area contributed by atoms with Gasteiger partial charge in [0.25, 0.3) is 11.1 Å². The van der Waals surface area contributed by atoms with E-state index in [0.717, 1.165) is 24.5 Å². The van der Waals surface area contributed by atoms with Crippen molar-refractivity contribution in [2.75, 3.05) is 29.2 Å². The average Bonchev–Trinajstić information content (AvgIpc) is 3.03. The van der Waals surface area contributed by atoms with Gasteiger partial charge in [-0.05, 0) is 20.8 Å². The van der Waals surface area contributed by atoms with Crippen LogP contribution >= 0.6 is 0 Å². The van der Waals surface area contributed by atoms with Crippen LogP contribution in [0.1, 0.15) is 49.0 Å². The molecule has 0 saturated carbocycles. The van der Waals surface area contributed by atoms with Crippen LogP contribution in [0.5, 0.6) is 5.75 Å². The molecule has 22 heteroatoms. The van der Waals surface area contributed by atoms with Crippen LogP contribution in [0.25, 0.3) is 33.1 Å². The molecule has 0 radical (unpaired) electrons. The highest BCUT2D eigenvalue weighted by molar-refractivity contribution is 5.88. The molecule has 0 aliphatic carbocycles. The van der Waals surface area contributed by atoms with Crippen molar-refractivity contribution in [3.63, 3.8) is 0 Å². The highest BCUT2D eigenvalue weighted by Crippen LogP contribution is 2.24. The summed E-state index contributed by atoms with van der Waals surface area (Å²) in [7, 11) is 1.59.